The quantitative estimate of drug-likeness (QED) is 0.184. The first-order chi connectivity index (χ1) is 23.2. The van der Waals surface area contributed by atoms with Crippen LogP contribution in [0.4, 0.5) is 0 Å². The molecule has 0 amide bonds. The van der Waals surface area contributed by atoms with Crippen LogP contribution in [0.3, 0.4) is 0 Å². The minimum atomic E-state index is -0.513. The Morgan fingerprint density at radius 2 is 1.26 bits per heavy atom. The summed E-state index contributed by atoms with van der Waals surface area (Å²) in [5.41, 5.74) is 13.5. The molecule has 0 saturated heterocycles. The standard InChI is InChI=1S/C43H29N3S/c1-29-36-16-8-9-17-41(36)47-46-28-33(20-23-42(46)45-29)31-19-22-38-37-21-18-30(32-11-10-24-44-27-32)25-39(37)43(40(38)26-31,34-12-4-2-5-13-34)35-14-6-3-7-15-35/h2-28H,1H2. The number of pyridine rings is 1. The maximum absolute atomic E-state index is 4.88. The van der Waals surface area contributed by atoms with Crippen molar-refractivity contribution in [1.29, 1.82) is 0 Å². The van der Waals surface area contributed by atoms with E-state index >= 15 is 0 Å². The van der Waals surface area contributed by atoms with E-state index in [4.69, 9.17) is 4.99 Å². The van der Waals surface area contributed by atoms with E-state index in [0.717, 1.165) is 44.3 Å². The number of nitrogens with zero attached hydrogens (tertiary/aromatic N) is 3. The van der Waals surface area contributed by atoms with Gasteiger partial charge in [0.15, 0.2) is 0 Å². The molecule has 4 heteroatoms. The van der Waals surface area contributed by atoms with E-state index in [1.807, 2.05) is 24.5 Å². The van der Waals surface area contributed by atoms with E-state index in [0.29, 0.717) is 0 Å². The summed E-state index contributed by atoms with van der Waals surface area (Å²) in [6, 6.07) is 48.3. The van der Waals surface area contributed by atoms with Gasteiger partial charge in [0.25, 0.3) is 0 Å². The van der Waals surface area contributed by atoms with Gasteiger partial charge in [-0.05, 0) is 104 Å². The van der Waals surface area contributed by atoms with E-state index in [1.165, 1.54) is 33.4 Å². The lowest BCUT2D eigenvalue weighted by atomic mass is 9.67. The molecule has 0 bridgehead atoms. The zero-order valence-electron chi connectivity index (χ0n) is 25.5. The molecule has 3 aliphatic rings. The summed E-state index contributed by atoms with van der Waals surface area (Å²) < 4.78 is 2.16. The number of aliphatic imine (C=N–C) groups is 1. The topological polar surface area (TPSA) is 28.5 Å². The van der Waals surface area contributed by atoms with Crippen LogP contribution in [0.15, 0.2) is 181 Å². The van der Waals surface area contributed by atoms with Crippen LogP contribution in [0.2, 0.25) is 0 Å². The van der Waals surface area contributed by atoms with Crippen molar-refractivity contribution in [3.05, 3.63) is 204 Å². The Morgan fingerprint density at radius 3 is 1.96 bits per heavy atom. The number of amidine groups is 1. The Balaban J connectivity index is 1.25. The monoisotopic (exact) mass is 619 g/mol. The predicted octanol–water partition coefficient (Wildman–Crippen LogP) is 10.4. The zero-order chi connectivity index (χ0) is 31.4. The third-order valence-electron chi connectivity index (χ3n) is 9.42. The first-order valence-electron chi connectivity index (χ1n) is 15.8. The van der Waals surface area contributed by atoms with Gasteiger partial charge in [-0.1, -0.05) is 116 Å². The first kappa shape index (κ1) is 27.6. The van der Waals surface area contributed by atoms with E-state index in [1.54, 1.807) is 11.9 Å². The Kier molecular flexibility index (Phi) is 6.44. The summed E-state index contributed by atoms with van der Waals surface area (Å²) in [6.45, 7) is 4.26. The normalized spacial score (nSPS) is 15.5. The molecule has 47 heavy (non-hydrogen) atoms. The highest BCUT2D eigenvalue weighted by Crippen LogP contribution is 2.57. The lowest BCUT2D eigenvalue weighted by Gasteiger charge is -2.34. The molecule has 9 rings (SSSR count). The van der Waals surface area contributed by atoms with Gasteiger partial charge in [-0.15, -0.1) is 0 Å². The first-order valence-corrected chi connectivity index (χ1v) is 16.5. The van der Waals surface area contributed by atoms with Crippen molar-refractivity contribution in [1.82, 2.24) is 9.29 Å². The fourth-order valence-corrected chi connectivity index (χ4v) is 8.27. The zero-order valence-corrected chi connectivity index (χ0v) is 26.4. The Morgan fingerprint density at radius 1 is 0.596 bits per heavy atom. The molecule has 0 saturated carbocycles. The van der Waals surface area contributed by atoms with E-state index in [9.17, 15) is 0 Å². The number of allylic oxidation sites excluding steroid dienone is 2. The van der Waals surface area contributed by atoms with Crippen molar-refractivity contribution in [3.63, 3.8) is 0 Å². The molecule has 0 N–H and O–H groups in total. The number of benzene rings is 5. The molecule has 222 valence electrons. The molecule has 2 aliphatic heterocycles. The summed E-state index contributed by atoms with van der Waals surface area (Å²) in [5.74, 6) is 0.874. The van der Waals surface area contributed by atoms with Crippen LogP contribution in [0.1, 0.15) is 33.4 Å². The molecule has 0 unspecified atom stereocenters. The summed E-state index contributed by atoms with van der Waals surface area (Å²) in [6.07, 6.45) is 10.3. The highest BCUT2D eigenvalue weighted by molar-refractivity contribution is 7.97. The largest absolute Gasteiger partial charge is 0.271 e. The van der Waals surface area contributed by atoms with Gasteiger partial charge in [0, 0.05) is 29.1 Å². The van der Waals surface area contributed by atoms with Crippen LogP contribution in [0.5, 0.6) is 0 Å². The van der Waals surface area contributed by atoms with Gasteiger partial charge in [0.05, 0.1) is 11.1 Å². The minimum absolute atomic E-state index is 0.513. The molecule has 6 aromatic rings. The van der Waals surface area contributed by atoms with Gasteiger partial charge in [-0.2, -0.15) is 0 Å². The van der Waals surface area contributed by atoms with Crippen molar-refractivity contribution < 1.29 is 0 Å². The van der Waals surface area contributed by atoms with E-state index in [-0.39, 0.29) is 0 Å². The minimum Gasteiger partial charge on any atom is -0.271 e. The van der Waals surface area contributed by atoms with Gasteiger partial charge >= 0.3 is 0 Å². The van der Waals surface area contributed by atoms with Crippen LogP contribution in [-0.4, -0.2) is 15.1 Å². The van der Waals surface area contributed by atoms with Gasteiger partial charge in [0.1, 0.15) is 5.84 Å². The molecule has 1 aromatic heterocycles. The van der Waals surface area contributed by atoms with Gasteiger partial charge in [-0.3, -0.25) is 9.29 Å². The SMILES string of the molecule is C=C1N=C2C=CC(c3ccc4c(c3)C(c3ccccc3)(c3ccccc3)c3cc(-c5cccnc5)ccc3-4)=CN2Sc2ccccc21. The van der Waals surface area contributed by atoms with Crippen LogP contribution < -0.4 is 0 Å². The Bertz CT molecular complexity index is 2250. The number of rotatable bonds is 4. The lowest BCUT2D eigenvalue weighted by molar-refractivity contribution is 0.768. The van der Waals surface area contributed by atoms with Gasteiger partial charge in [0.2, 0.25) is 0 Å². The van der Waals surface area contributed by atoms with Crippen LogP contribution in [0, 0.1) is 0 Å². The number of hydrogen-bond donors (Lipinski definition) is 0. The molecule has 3 heterocycles. The van der Waals surface area contributed by atoms with Crippen molar-refractivity contribution in [2.45, 2.75) is 10.3 Å². The Labute approximate surface area is 279 Å². The number of aromatic nitrogens is 1. The number of fused-ring (bicyclic) bond motifs is 5. The average Bonchev–Trinajstić information content (AvgIpc) is 3.34. The summed E-state index contributed by atoms with van der Waals surface area (Å²) in [5, 5.41) is 0. The van der Waals surface area contributed by atoms with Crippen LogP contribution in [-0.2, 0) is 5.41 Å². The van der Waals surface area contributed by atoms with E-state index in [2.05, 4.69) is 156 Å². The molecule has 1 aliphatic carbocycles. The maximum atomic E-state index is 4.88. The van der Waals surface area contributed by atoms with Crippen molar-refractivity contribution in [2.75, 3.05) is 0 Å². The fourth-order valence-electron chi connectivity index (χ4n) is 7.27. The lowest BCUT2D eigenvalue weighted by Crippen LogP contribution is -2.28. The van der Waals surface area contributed by atoms with Gasteiger partial charge in [-0.25, -0.2) is 4.99 Å². The second kappa shape index (κ2) is 11.0. The van der Waals surface area contributed by atoms with Crippen molar-refractivity contribution in [2.24, 2.45) is 4.99 Å². The summed E-state index contributed by atoms with van der Waals surface area (Å²) in [4.78, 5) is 10.5. The number of hydrogen-bond acceptors (Lipinski definition) is 4. The summed E-state index contributed by atoms with van der Waals surface area (Å²) >= 11 is 1.68. The van der Waals surface area contributed by atoms with Crippen LogP contribution in [0.25, 0.3) is 33.5 Å². The molecule has 0 spiro atoms. The van der Waals surface area contributed by atoms with E-state index < -0.39 is 5.41 Å². The predicted molar refractivity (Wildman–Crippen MR) is 195 cm³/mol. The smallest absolute Gasteiger partial charge is 0.143 e. The third-order valence-corrected chi connectivity index (χ3v) is 10.5. The van der Waals surface area contributed by atoms with Crippen molar-refractivity contribution in [3.8, 4) is 22.3 Å². The van der Waals surface area contributed by atoms with Crippen LogP contribution >= 0.6 is 11.9 Å². The second-order valence-corrected chi connectivity index (χ2v) is 13.0. The molecule has 0 radical (unpaired) electrons. The molecule has 0 fully saturated rings. The molecule has 3 nitrogen and oxygen atoms in total. The fraction of sp³-hybridized carbons (Fsp3) is 0.0233. The molecule has 0 atom stereocenters. The highest BCUT2D eigenvalue weighted by atomic mass is 32.2. The third kappa shape index (κ3) is 4.37. The maximum Gasteiger partial charge on any atom is 0.143 e. The summed E-state index contributed by atoms with van der Waals surface area (Å²) in [7, 11) is 0. The Hall–Kier alpha value is -5.71. The average molecular weight is 620 g/mol. The second-order valence-electron chi connectivity index (χ2n) is 12.0. The van der Waals surface area contributed by atoms with Crippen molar-refractivity contribution >= 4 is 29.1 Å². The molecule has 5 aromatic carbocycles. The highest BCUT2D eigenvalue weighted by Gasteiger charge is 2.46. The molecular formula is C43H29N3S. The molecular weight excluding hydrogens is 591 g/mol. The van der Waals surface area contributed by atoms with Gasteiger partial charge < -0.3 is 0 Å².